The molecule has 33 heavy (non-hydrogen) atoms. The maximum Gasteiger partial charge on any atom is 0.244 e. The van der Waals surface area contributed by atoms with Crippen LogP contribution in [-0.2, 0) is 26.0 Å². The molecule has 10 heteroatoms. The van der Waals surface area contributed by atoms with Crippen LogP contribution in [0, 0.1) is 0 Å². The molecule has 0 spiro atoms. The monoisotopic (exact) mass is 477 g/mol. The van der Waals surface area contributed by atoms with Crippen molar-refractivity contribution in [2.45, 2.75) is 19.4 Å². The zero-order valence-electron chi connectivity index (χ0n) is 19.6. The van der Waals surface area contributed by atoms with E-state index in [1.807, 2.05) is 30.3 Å². The third kappa shape index (κ3) is 6.85. The van der Waals surface area contributed by atoms with Gasteiger partial charge in [0.05, 0.1) is 26.2 Å². The normalized spacial score (nSPS) is 11.9. The van der Waals surface area contributed by atoms with Gasteiger partial charge in [-0.3, -0.25) is 13.9 Å². The Bertz CT molecular complexity index is 1060. The van der Waals surface area contributed by atoms with E-state index in [9.17, 15) is 18.0 Å². The number of benzene rings is 2. The molecule has 0 bridgehead atoms. The van der Waals surface area contributed by atoms with Gasteiger partial charge in [-0.15, -0.1) is 0 Å². The minimum absolute atomic E-state index is 0.249. The minimum atomic E-state index is -3.82. The summed E-state index contributed by atoms with van der Waals surface area (Å²) in [5, 5.41) is 2.55. The summed E-state index contributed by atoms with van der Waals surface area (Å²) in [4.78, 5) is 27.0. The number of anilines is 1. The van der Waals surface area contributed by atoms with E-state index in [0.29, 0.717) is 17.9 Å². The summed E-state index contributed by atoms with van der Waals surface area (Å²) in [7, 11) is 0.581. The number of ether oxygens (including phenoxy) is 2. The van der Waals surface area contributed by atoms with Crippen LogP contribution in [0.1, 0.15) is 12.5 Å². The van der Waals surface area contributed by atoms with Crippen LogP contribution < -0.4 is 19.1 Å². The SMILES string of the molecule is CNC(=O)C(C)N(CCc1ccccc1)C(=O)CN(c1ccc(OC)c(OC)c1)S(C)(=O)=O. The molecule has 1 N–H and O–H groups in total. The van der Waals surface area contributed by atoms with E-state index >= 15 is 0 Å². The molecule has 0 aliphatic carbocycles. The van der Waals surface area contributed by atoms with Crippen LogP contribution in [0.2, 0.25) is 0 Å². The van der Waals surface area contributed by atoms with E-state index in [2.05, 4.69) is 5.32 Å². The van der Waals surface area contributed by atoms with E-state index in [4.69, 9.17) is 9.47 Å². The summed E-state index contributed by atoms with van der Waals surface area (Å²) in [6.45, 7) is 1.40. The standard InChI is InChI=1S/C23H31N3O6S/c1-17(23(28)24-2)25(14-13-18-9-7-6-8-10-18)22(27)16-26(33(5,29)30)19-11-12-20(31-3)21(15-19)32-4/h6-12,15,17H,13-14,16H2,1-5H3,(H,24,28). The van der Waals surface area contributed by atoms with Gasteiger partial charge in [0.1, 0.15) is 12.6 Å². The average molecular weight is 478 g/mol. The quantitative estimate of drug-likeness (QED) is 0.528. The van der Waals surface area contributed by atoms with Gasteiger partial charge in [0, 0.05) is 19.7 Å². The van der Waals surface area contributed by atoms with Gasteiger partial charge >= 0.3 is 0 Å². The second-order valence-electron chi connectivity index (χ2n) is 7.42. The lowest BCUT2D eigenvalue weighted by molar-refractivity contribution is -0.138. The first kappa shape index (κ1) is 26.0. The Kier molecular flexibility index (Phi) is 9.10. The number of likely N-dealkylation sites (N-methyl/N-ethyl adjacent to an activating group) is 1. The van der Waals surface area contributed by atoms with E-state index in [-0.39, 0.29) is 18.1 Å². The van der Waals surface area contributed by atoms with E-state index in [1.165, 1.54) is 38.3 Å². The third-order valence-electron chi connectivity index (χ3n) is 5.23. The Balaban J connectivity index is 2.35. The first-order valence-corrected chi connectivity index (χ1v) is 12.2. The molecule has 0 radical (unpaired) electrons. The van der Waals surface area contributed by atoms with Crippen molar-refractivity contribution in [1.82, 2.24) is 10.2 Å². The number of nitrogens with zero attached hydrogens (tertiary/aromatic N) is 2. The van der Waals surface area contributed by atoms with Gasteiger partial charge in [-0.05, 0) is 31.0 Å². The predicted octanol–water partition coefficient (Wildman–Crippen LogP) is 1.68. The molecule has 0 aromatic heterocycles. The van der Waals surface area contributed by atoms with Crippen LogP contribution in [0.4, 0.5) is 5.69 Å². The van der Waals surface area contributed by atoms with Gasteiger partial charge in [0.2, 0.25) is 21.8 Å². The van der Waals surface area contributed by atoms with Crippen molar-refractivity contribution in [2.75, 3.05) is 44.9 Å². The molecular weight excluding hydrogens is 446 g/mol. The molecule has 1 atom stereocenters. The Hall–Kier alpha value is -3.27. The van der Waals surface area contributed by atoms with E-state index in [1.54, 1.807) is 13.0 Å². The van der Waals surface area contributed by atoms with Crippen molar-refractivity contribution < 1.29 is 27.5 Å². The Morgan fingerprint density at radius 2 is 1.67 bits per heavy atom. The van der Waals surface area contributed by atoms with E-state index < -0.39 is 28.5 Å². The molecule has 2 amide bonds. The fraction of sp³-hybridized carbons (Fsp3) is 0.391. The second-order valence-corrected chi connectivity index (χ2v) is 9.33. The van der Waals surface area contributed by atoms with Crippen molar-refractivity contribution in [3.05, 3.63) is 54.1 Å². The molecule has 2 rings (SSSR count). The van der Waals surface area contributed by atoms with Gasteiger partial charge in [-0.25, -0.2) is 8.42 Å². The lowest BCUT2D eigenvalue weighted by Gasteiger charge is -2.31. The molecule has 0 saturated carbocycles. The number of carbonyl (C=O) groups is 2. The summed E-state index contributed by atoms with van der Waals surface area (Å²) in [5.41, 5.74) is 1.25. The molecule has 0 aliphatic rings. The molecule has 2 aromatic carbocycles. The average Bonchev–Trinajstić information content (AvgIpc) is 2.81. The maximum atomic E-state index is 13.3. The highest BCUT2D eigenvalue weighted by molar-refractivity contribution is 7.92. The number of hydrogen-bond acceptors (Lipinski definition) is 6. The van der Waals surface area contributed by atoms with Crippen LogP contribution in [0.5, 0.6) is 11.5 Å². The number of sulfonamides is 1. The molecule has 0 fully saturated rings. The Morgan fingerprint density at radius 1 is 1.03 bits per heavy atom. The van der Waals surface area contributed by atoms with Crippen molar-refractivity contribution in [3.63, 3.8) is 0 Å². The Labute approximate surface area is 195 Å². The number of carbonyl (C=O) groups excluding carboxylic acids is 2. The summed E-state index contributed by atoms with van der Waals surface area (Å²) >= 11 is 0. The molecule has 0 saturated heterocycles. The highest BCUT2D eigenvalue weighted by Crippen LogP contribution is 2.32. The highest BCUT2D eigenvalue weighted by atomic mass is 32.2. The molecule has 2 aromatic rings. The molecule has 1 unspecified atom stereocenters. The van der Waals surface area contributed by atoms with Crippen molar-refractivity contribution in [2.24, 2.45) is 0 Å². The van der Waals surface area contributed by atoms with E-state index in [0.717, 1.165) is 16.1 Å². The zero-order chi connectivity index (χ0) is 24.6. The van der Waals surface area contributed by atoms with Gasteiger partial charge in [-0.1, -0.05) is 30.3 Å². The zero-order valence-corrected chi connectivity index (χ0v) is 20.4. The number of amides is 2. The van der Waals surface area contributed by atoms with Crippen molar-refractivity contribution in [1.29, 1.82) is 0 Å². The van der Waals surface area contributed by atoms with Crippen molar-refractivity contribution >= 4 is 27.5 Å². The first-order valence-electron chi connectivity index (χ1n) is 10.4. The van der Waals surface area contributed by atoms with Gasteiger partial charge in [-0.2, -0.15) is 0 Å². The van der Waals surface area contributed by atoms with Crippen LogP contribution >= 0.6 is 0 Å². The predicted molar refractivity (Wildman–Crippen MR) is 127 cm³/mol. The smallest absolute Gasteiger partial charge is 0.244 e. The number of methoxy groups -OCH3 is 2. The molecule has 9 nitrogen and oxygen atoms in total. The summed E-state index contributed by atoms with van der Waals surface area (Å²) in [6.07, 6.45) is 1.54. The Morgan fingerprint density at radius 3 is 2.21 bits per heavy atom. The first-order chi connectivity index (χ1) is 15.6. The summed E-state index contributed by atoms with van der Waals surface area (Å²) < 4.78 is 36.6. The van der Waals surface area contributed by atoms with Crippen LogP contribution in [0.3, 0.4) is 0 Å². The van der Waals surface area contributed by atoms with Gasteiger partial charge in [0.25, 0.3) is 0 Å². The lowest BCUT2D eigenvalue weighted by Crippen LogP contribution is -2.51. The third-order valence-corrected chi connectivity index (χ3v) is 6.37. The largest absolute Gasteiger partial charge is 0.493 e. The number of hydrogen-bond donors (Lipinski definition) is 1. The molecule has 0 aliphatic heterocycles. The summed E-state index contributed by atoms with van der Waals surface area (Å²) in [6, 6.07) is 13.4. The van der Waals surface area contributed by atoms with Crippen LogP contribution in [0.25, 0.3) is 0 Å². The number of rotatable bonds is 11. The fourth-order valence-electron chi connectivity index (χ4n) is 3.37. The fourth-order valence-corrected chi connectivity index (χ4v) is 4.21. The molecular formula is C23H31N3O6S. The molecule has 0 heterocycles. The van der Waals surface area contributed by atoms with Crippen LogP contribution in [0.15, 0.2) is 48.5 Å². The summed E-state index contributed by atoms with van der Waals surface area (Å²) in [5.74, 6) is -0.0785. The molecule has 180 valence electrons. The lowest BCUT2D eigenvalue weighted by atomic mass is 10.1. The minimum Gasteiger partial charge on any atom is -0.493 e. The van der Waals surface area contributed by atoms with Gasteiger partial charge in [0.15, 0.2) is 11.5 Å². The highest BCUT2D eigenvalue weighted by Gasteiger charge is 2.29. The van der Waals surface area contributed by atoms with Crippen LogP contribution in [-0.4, -0.2) is 71.8 Å². The maximum absolute atomic E-state index is 13.3. The number of nitrogens with one attached hydrogen (secondary N) is 1. The topological polar surface area (TPSA) is 105 Å². The van der Waals surface area contributed by atoms with Crippen molar-refractivity contribution in [3.8, 4) is 11.5 Å². The van der Waals surface area contributed by atoms with Gasteiger partial charge < -0.3 is 19.7 Å². The second kappa shape index (κ2) is 11.6.